The molecule has 1 aromatic heterocycles. The van der Waals surface area contributed by atoms with Gasteiger partial charge in [-0.25, -0.2) is 13.6 Å². The first-order chi connectivity index (χ1) is 15.8. The monoisotopic (exact) mass is 474 g/mol. The molecule has 0 saturated carbocycles. The standard InChI is InChI=1S/C23H24F2N4O3S/c1-2-3-11-28-21(26)20(22(31)27-23(28)32)29(13-15-7-5-4-6-8-15)19(30)14-33-16-9-10-17(24)18(25)12-16/h4-10,12H,2-3,11,13-14,26H2,1H3,(H,27,31,32). The molecule has 174 valence electrons. The Labute approximate surface area is 193 Å². The Morgan fingerprint density at radius 1 is 1.12 bits per heavy atom. The lowest BCUT2D eigenvalue weighted by molar-refractivity contribution is -0.116. The van der Waals surface area contributed by atoms with Gasteiger partial charge in [-0.2, -0.15) is 0 Å². The Morgan fingerprint density at radius 3 is 2.52 bits per heavy atom. The molecule has 0 atom stereocenters. The van der Waals surface area contributed by atoms with Gasteiger partial charge in [-0.05, 0) is 30.2 Å². The number of halogens is 2. The summed E-state index contributed by atoms with van der Waals surface area (Å²) in [6.07, 6.45) is 1.46. The van der Waals surface area contributed by atoms with Crippen molar-refractivity contribution in [2.45, 2.75) is 37.8 Å². The molecular formula is C23H24F2N4O3S. The third-order valence-electron chi connectivity index (χ3n) is 4.96. The van der Waals surface area contributed by atoms with Gasteiger partial charge in [0.2, 0.25) is 5.91 Å². The van der Waals surface area contributed by atoms with Crippen LogP contribution in [0.15, 0.2) is 63.0 Å². The van der Waals surface area contributed by atoms with Crippen molar-refractivity contribution in [3.63, 3.8) is 0 Å². The summed E-state index contributed by atoms with van der Waals surface area (Å²) < 4.78 is 28.0. The van der Waals surface area contributed by atoms with Crippen LogP contribution >= 0.6 is 11.8 Å². The molecule has 0 saturated heterocycles. The van der Waals surface area contributed by atoms with Crippen molar-refractivity contribution in [3.05, 3.63) is 86.6 Å². The average molecular weight is 475 g/mol. The summed E-state index contributed by atoms with van der Waals surface area (Å²) in [5, 5.41) is 0. The van der Waals surface area contributed by atoms with E-state index in [0.717, 1.165) is 35.9 Å². The third-order valence-corrected chi connectivity index (χ3v) is 5.94. The summed E-state index contributed by atoms with van der Waals surface area (Å²) in [4.78, 5) is 42.1. The van der Waals surface area contributed by atoms with Gasteiger partial charge in [0.15, 0.2) is 17.3 Å². The molecule has 0 aliphatic rings. The highest BCUT2D eigenvalue weighted by Gasteiger charge is 2.24. The summed E-state index contributed by atoms with van der Waals surface area (Å²) in [7, 11) is 0. The number of hydrogen-bond acceptors (Lipinski definition) is 5. The molecule has 0 bridgehead atoms. The van der Waals surface area contributed by atoms with Crippen molar-refractivity contribution in [2.75, 3.05) is 16.4 Å². The van der Waals surface area contributed by atoms with Crippen molar-refractivity contribution < 1.29 is 13.6 Å². The molecule has 7 nitrogen and oxygen atoms in total. The molecule has 0 aliphatic heterocycles. The maximum atomic E-state index is 13.5. The van der Waals surface area contributed by atoms with E-state index in [0.29, 0.717) is 17.9 Å². The first-order valence-corrected chi connectivity index (χ1v) is 11.3. The van der Waals surface area contributed by atoms with Crippen LogP contribution in [0.4, 0.5) is 20.3 Å². The Balaban J connectivity index is 1.97. The van der Waals surface area contributed by atoms with Gasteiger partial charge < -0.3 is 5.73 Å². The maximum Gasteiger partial charge on any atom is 0.330 e. The highest BCUT2D eigenvalue weighted by molar-refractivity contribution is 8.00. The molecule has 3 rings (SSSR count). The lowest BCUT2D eigenvalue weighted by atomic mass is 10.2. The third kappa shape index (κ3) is 5.89. The minimum atomic E-state index is -1.02. The van der Waals surface area contributed by atoms with E-state index in [1.807, 2.05) is 13.0 Å². The van der Waals surface area contributed by atoms with E-state index in [-0.39, 0.29) is 23.8 Å². The minimum Gasteiger partial charge on any atom is -0.383 e. The fourth-order valence-electron chi connectivity index (χ4n) is 3.22. The highest BCUT2D eigenvalue weighted by Crippen LogP contribution is 2.24. The summed E-state index contributed by atoms with van der Waals surface area (Å²) in [5.74, 6) is -2.74. The number of benzene rings is 2. The molecule has 3 aromatic rings. The van der Waals surface area contributed by atoms with Crippen LogP contribution in [0, 0.1) is 11.6 Å². The van der Waals surface area contributed by atoms with Crippen LogP contribution < -0.4 is 21.9 Å². The number of unbranched alkanes of at least 4 members (excludes halogenated alkanes) is 1. The number of thioether (sulfide) groups is 1. The van der Waals surface area contributed by atoms with E-state index in [4.69, 9.17) is 5.73 Å². The van der Waals surface area contributed by atoms with Crippen LogP contribution in [-0.2, 0) is 17.9 Å². The van der Waals surface area contributed by atoms with Crippen molar-refractivity contribution in [3.8, 4) is 0 Å². The number of nitrogens with zero attached hydrogens (tertiary/aromatic N) is 2. The number of nitrogens with one attached hydrogen (secondary N) is 1. The molecule has 0 fully saturated rings. The molecule has 10 heteroatoms. The largest absolute Gasteiger partial charge is 0.383 e. The number of aromatic nitrogens is 2. The number of nitrogens with two attached hydrogens (primary N) is 1. The number of hydrogen-bond donors (Lipinski definition) is 2. The number of amides is 1. The topological polar surface area (TPSA) is 101 Å². The minimum absolute atomic E-state index is 0.0390. The smallest absolute Gasteiger partial charge is 0.330 e. The molecule has 0 aliphatic carbocycles. The molecular weight excluding hydrogens is 450 g/mol. The molecule has 3 N–H and O–H groups in total. The van der Waals surface area contributed by atoms with Crippen LogP contribution in [0.1, 0.15) is 25.3 Å². The number of aromatic amines is 1. The lowest BCUT2D eigenvalue weighted by Gasteiger charge is -2.24. The lowest BCUT2D eigenvalue weighted by Crippen LogP contribution is -2.41. The zero-order valence-electron chi connectivity index (χ0n) is 18.0. The summed E-state index contributed by atoms with van der Waals surface area (Å²) in [6.45, 7) is 2.29. The van der Waals surface area contributed by atoms with Crippen molar-refractivity contribution in [1.82, 2.24) is 9.55 Å². The van der Waals surface area contributed by atoms with E-state index in [2.05, 4.69) is 4.98 Å². The second kappa shape index (κ2) is 11.0. The van der Waals surface area contributed by atoms with E-state index < -0.39 is 28.8 Å². The molecule has 2 aromatic carbocycles. The first-order valence-electron chi connectivity index (χ1n) is 10.4. The highest BCUT2D eigenvalue weighted by atomic mass is 32.2. The van der Waals surface area contributed by atoms with Crippen LogP contribution in [0.2, 0.25) is 0 Å². The van der Waals surface area contributed by atoms with Gasteiger partial charge in [0, 0.05) is 11.4 Å². The quantitative estimate of drug-likeness (QED) is 0.462. The van der Waals surface area contributed by atoms with Gasteiger partial charge in [-0.15, -0.1) is 11.8 Å². The number of rotatable bonds is 9. The predicted octanol–water partition coefficient (Wildman–Crippen LogP) is 3.52. The zero-order chi connectivity index (χ0) is 24.0. The Kier molecular flexibility index (Phi) is 8.05. The average Bonchev–Trinajstić information content (AvgIpc) is 2.79. The summed E-state index contributed by atoms with van der Waals surface area (Å²) in [6, 6.07) is 12.3. The SMILES string of the molecule is CCCCn1c(N)c(N(Cc2ccccc2)C(=O)CSc2ccc(F)c(F)c2)c(=O)[nH]c1=O. The van der Waals surface area contributed by atoms with Gasteiger partial charge >= 0.3 is 5.69 Å². The number of anilines is 2. The van der Waals surface area contributed by atoms with Gasteiger partial charge in [0.05, 0.1) is 12.3 Å². The Morgan fingerprint density at radius 2 is 1.85 bits per heavy atom. The summed E-state index contributed by atoms with van der Waals surface area (Å²) >= 11 is 0.998. The zero-order valence-corrected chi connectivity index (χ0v) is 18.8. The second-order valence-electron chi connectivity index (χ2n) is 7.33. The molecule has 0 radical (unpaired) electrons. The summed E-state index contributed by atoms with van der Waals surface area (Å²) in [5.41, 5.74) is 5.43. The van der Waals surface area contributed by atoms with E-state index in [1.165, 1.54) is 15.5 Å². The van der Waals surface area contributed by atoms with E-state index in [9.17, 15) is 23.2 Å². The first kappa shape index (κ1) is 24.2. The Bertz CT molecular complexity index is 1240. The number of carbonyl (C=O) groups is 1. The van der Waals surface area contributed by atoms with Crippen LogP contribution in [0.3, 0.4) is 0 Å². The fourth-order valence-corrected chi connectivity index (χ4v) is 4.02. The van der Waals surface area contributed by atoms with Gasteiger partial charge in [0.25, 0.3) is 5.56 Å². The van der Waals surface area contributed by atoms with Gasteiger partial charge in [-0.1, -0.05) is 43.7 Å². The fraction of sp³-hybridized carbons (Fsp3) is 0.261. The maximum absolute atomic E-state index is 13.5. The predicted molar refractivity (Wildman–Crippen MR) is 125 cm³/mol. The van der Waals surface area contributed by atoms with E-state index >= 15 is 0 Å². The van der Waals surface area contributed by atoms with Crippen LogP contribution in [0.5, 0.6) is 0 Å². The molecule has 0 unspecified atom stereocenters. The number of nitrogen functional groups attached to an aromatic ring is 1. The molecule has 1 heterocycles. The molecule has 1 amide bonds. The normalized spacial score (nSPS) is 10.9. The van der Waals surface area contributed by atoms with E-state index in [1.54, 1.807) is 24.3 Å². The Hall–Kier alpha value is -3.40. The number of carbonyl (C=O) groups excluding carboxylic acids is 1. The van der Waals surface area contributed by atoms with Crippen molar-refractivity contribution in [2.24, 2.45) is 0 Å². The van der Waals surface area contributed by atoms with Gasteiger partial charge in [0.1, 0.15) is 5.82 Å². The van der Waals surface area contributed by atoms with Crippen LogP contribution in [0.25, 0.3) is 0 Å². The molecule has 33 heavy (non-hydrogen) atoms. The van der Waals surface area contributed by atoms with Crippen molar-refractivity contribution in [1.29, 1.82) is 0 Å². The second-order valence-corrected chi connectivity index (χ2v) is 8.38. The number of H-pyrrole nitrogens is 1. The van der Waals surface area contributed by atoms with Gasteiger partial charge in [-0.3, -0.25) is 24.0 Å². The van der Waals surface area contributed by atoms with Crippen molar-refractivity contribution >= 4 is 29.2 Å². The molecule has 0 spiro atoms. The van der Waals surface area contributed by atoms with Crippen LogP contribution in [-0.4, -0.2) is 21.2 Å².